The Hall–Kier alpha value is -5.54. The molecule has 11 rings (SSSR count). The number of fused-ring (bicyclic) bond motifs is 6. The molecule has 8 heterocycles. The Labute approximate surface area is 468 Å². The van der Waals surface area contributed by atoms with Crippen LogP contribution in [0.4, 0.5) is 5.69 Å². The van der Waals surface area contributed by atoms with Crippen molar-refractivity contribution in [3.63, 3.8) is 0 Å². The van der Waals surface area contributed by atoms with Crippen molar-refractivity contribution in [2.75, 3.05) is 78.0 Å². The van der Waals surface area contributed by atoms with Crippen molar-refractivity contribution in [2.24, 2.45) is 34.3 Å². The smallest absolute Gasteiger partial charge is 0.326 e. The Morgan fingerprint density at radius 2 is 1.75 bits per heavy atom. The van der Waals surface area contributed by atoms with Crippen LogP contribution in [-0.2, 0) is 48.1 Å². The maximum absolute atomic E-state index is 15.2. The molecule has 2 aliphatic carbocycles. The van der Waals surface area contributed by atoms with Crippen LogP contribution in [0.25, 0.3) is 33.4 Å². The van der Waals surface area contributed by atoms with Crippen LogP contribution in [0.1, 0.15) is 121 Å². The zero-order chi connectivity index (χ0) is 55.5. The third-order valence-electron chi connectivity index (χ3n) is 18.8. The Kier molecular flexibility index (Phi) is 15.7. The number of aryl methyl sites for hydroxylation is 1. The van der Waals surface area contributed by atoms with Crippen LogP contribution in [0.15, 0.2) is 35.8 Å². The van der Waals surface area contributed by atoms with E-state index in [4.69, 9.17) is 25.3 Å². The molecule has 1 spiro atoms. The van der Waals surface area contributed by atoms with Gasteiger partial charge in [0, 0.05) is 118 Å². The molecule has 7 aliphatic rings. The van der Waals surface area contributed by atoms with E-state index in [-0.39, 0.29) is 54.7 Å². The van der Waals surface area contributed by atoms with Crippen molar-refractivity contribution in [3.8, 4) is 22.5 Å². The molecule has 5 aliphatic heterocycles. The van der Waals surface area contributed by atoms with Gasteiger partial charge in [-0.2, -0.15) is 5.43 Å². The van der Waals surface area contributed by atoms with Crippen LogP contribution in [0.3, 0.4) is 0 Å². The highest BCUT2D eigenvalue weighted by Crippen LogP contribution is 2.46. The first kappa shape index (κ1) is 55.4. The van der Waals surface area contributed by atoms with E-state index in [1.54, 1.807) is 12.0 Å². The lowest BCUT2D eigenvalue weighted by molar-refractivity contribution is -0.835. The number of carbonyl (C=O) groups is 4. The second kappa shape index (κ2) is 22.4. The number of benzene rings is 1. The van der Waals surface area contributed by atoms with Crippen molar-refractivity contribution in [1.82, 2.24) is 45.0 Å². The summed E-state index contributed by atoms with van der Waals surface area (Å²) in [6.07, 6.45) is 9.12. The molecule has 4 amide bonds. The summed E-state index contributed by atoms with van der Waals surface area (Å²) >= 11 is 1.44. The van der Waals surface area contributed by atoms with Gasteiger partial charge in [0.2, 0.25) is 22.6 Å². The number of likely N-dealkylation sites (tertiary alicyclic amines) is 2. The monoisotopic (exact) mass is 1100 g/mol. The number of rotatable bonds is 12. The lowest BCUT2D eigenvalue weighted by Gasteiger charge is -2.35. The minimum Gasteiger partial charge on any atom is -0.375 e. The molecule has 426 valence electrons. The van der Waals surface area contributed by atoms with Crippen LogP contribution in [0.5, 0.6) is 0 Å². The molecule has 1 aromatic carbocycles. The SMILES string of the molecule is CCn1c(-c2cc(N3CCN(C)CC3)cnc2[C@H](C)OC)c2c3cc(ccc31)-c1csc(n1)C[C@H](NC(=O)[C@H](C1CCCC1)N1CC[C@]3(CCN(C(=O)[C@H](C)[C@H](N)C4CC4)C3)C1=O)C(=O)N1CCC[C@H](N1)[N+](=O)OCC(C)(C)C2. The number of nitrogens with one attached hydrogen (secondary N) is 2. The van der Waals surface area contributed by atoms with Gasteiger partial charge < -0.3 is 40.0 Å². The first-order valence-corrected chi connectivity index (χ1v) is 30.2. The van der Waals surface area contributed by atoms with Crippen LogP contribution in [0, 0.1) is 33.5 Å². The van der Waals surface area contributed by atoms with Gasteiger partial charge in [0.15, 0.2) is 6.61 Å². The molecule has 6 bridgehead atoms. The molecule has 0 radical (unpaired) electrons. The van der Waals surface area contributed by atoms with Crippen LogP contribution >= 0.6 is 11.3 Å². The highest BCUT2D eigenvalue weighted by Gasteiger charge is 2.56. The van der Waals surface area contributed by atoms with E-state index in [1.165, 1.54) is 16.3 Å². The van der Waals surface area contributed by atoms with Gasteiger partial charge in [-0.05, 0) is 108 Å². The Morgan fingerprint density at radius 1 is 0.987 bits per heavy atom. The van der Waals surface area contributed by atoms with Gasteiger partial charge in [-0.3, -0.25) is 29.2 Å². The van der Waals surface area contributed by atoms with Crippen LogP contribution < -0.4 is 21.4 Å². The molecule has 4 aromatic rings. The molecule has 4 N–H and O–H groups in total. The number of aromatic nitrogens is 3. The zero-order valence-corrected chi connectivity index (χ0v) is 48.3. The number of nitrogens with two attached hydrogens (primary N) is 1. The molecule has 19 nitrogen and oxygen atoms in total. The Bertz CT molecular complexity index is 2960. The molecule has 79 heavy (non-hydrogen) atoms. The summed E-state index contributed by atoms with van der Waals surface area (Å²) in [5.74, 6) is -0.866. The number of pyridine rings is 1. The summed E-state index contributed by atoms with van der Waals surface area (Å²) in [6, 6.07) is 6.74. The van der Waals surface area contributed by atoms with Gasteiger partial charge in [0.25, 0.3) is 5.91 Å². The summed E-state index contributed by atoms with van der Waals surface area (Å²) in [4.78, 5) is 98.6. The van der Waals surface area contributed by atoms with Gasteiger partial charge in [0.1, 0.15) is 12.1 Å². The third-order valence-corrected chi connectivity index (χ3v) is 19.7. The topological polar surface area (TPSA) is 204 Å². The van der Waals surface area contributed by atoms with Crippen molar-refractivity contribution in [3.05, 3.63) is 57.0 Å². The number of thiazole rings is 1. The van der Waals surface area contributed by atoms with E-state index < -0.39 is 35.0 Å². The molecule has 2 saturated carbocycles. The molecule has 6 fully saturated rings. The standard InChI is InChI=1S/C59H82N12O7S/c1-8-68-47-18-17-40-28-42(47)44(53(68)43-29-41(32-61-51(43)37(3)77-7)66-26-24-65(6)25-27-66)31-58(4,5)35-78-71(76)48-14-11-21-70(64-48)56(74)45(30-49-62-46(40)33-79-49)63-54(72)52(39-12-9-10-13-39)69-23-20-59(57(69)75)19-22-67(34-59)55(73)36(2)50(60)38-15-16-38/h17-18,28-29,32-33,36-39,45,48,50,52,64H,8-16,19-27,30-31,34-35,60H2,1-7H3/p+1/t36-,37+,45+,48-,50+,52+,59+/m1/s1. The van der Waals surface area contributed by atoms with Crippen LogP contribution in [-0.4, -0.2) is 160 Å². The molecule has 4 saturated heterocycles. The first-order chi connectivity index (χ1) is 38.0. The van der Waals surface area contributed by atoms with Crippen LogP contribution in [0.2, 0.25) is 0 Å². The number of carbonyl (C=O) groups excluding carboxylic acids is 4. The largest absolute Gasteiger partial charge is 0.375 e. The number of anilines is 1. The number of ether oxygens (including phenoxy) is 1. The molecule has 3 aromatic heterocycles. The van der Waals surface area contributed by atoms with E-state index in [9.17, 15) is 14.5 Å². The first-order valence-electron chi connectivity index (χ1n) is 29.4. The Morgan fingerprint density at radius 3 is 2.48 bits per heavy atom. The lowest BCUT2D eigenvalue weighted by atomic mass is 9.84. The van der Waals surface area contributed by atoms with Crippen molar-refractivity contribution in [2.45, 2.75) is 149 Å². The highest BCUT2D eigenvalue weighted by molar-refractivity contribution is 7.10. The molecule has 20 heteroatoms. The predicted octanol–water partition coefficient (Wildman–Crippen LogP) is 6.46. The maximum atomic E-state index is 15.2. The number of methoxy groups -OCH3 is 1. The third kappa shape index (κ3) is 10.9. The molecular formula is C59H83N12O7S+. The number of hydrogen-bond donors (Lipinski definition) is 3. The molecular weight excluding hydrogens is 1020 g/mol. The minimum absolute atomic E-state index is 0.00389. The predicted molar refractivity (Wildman–Crippen MR) is 303 cm³/mol. The summed E-state index contributed by atoms with van der Waals surface area (Å²) in [6.45, 7) is 16.4. The average molecular weight is 1100 g/mol. The summed E-state index contributed by atoms with van der Waals surface area (Å²) in [5, 5.41) is 8.41. The zero-order valence-electron chi connectivity index (χ0n) is 47.5. The van der Waals surface area contributed by atoms with Gasteiger partial charge in [-0.15, -0.1) is 11.3 Å². The lowest BCUT2D eigenvalue weighted by Crippen LogP contribution is -2.62. The van der Waals surface area contributed by atoms with Crippen molar-refractivity contribution < 1.29 is 33.7 Å². The maximum Gasteiger partial charge on any atom is 0.326 e. The van der Waals surface area contributed by atoms with Gasteiger partial charge in [-0.25, -0.2) is 9.82 Å². The van der Waals surface area contributed by atoms with Gasteiger partial charge in [0.05, 0.1) is 56.3 Å². The van der Waals surface area contributed by atoms with E-state index in [2.05, 4.69) is 77.2 Å². The van der Waals surface area contributed by atoms with Crippen molar-refractivity contribution in [1.29, 1.82) is 0 Å². The number of likely N-dealkylation sites (N-methyl/N-ethyl adjacent to an activating group) is 1. The average Bonchev–Trinajstić information content (AvgIpc) is 4.05. The number of nitrogens with zero attached hydrogens (tertiary/aromatic N) is 9. The Balaban J connectivity index is 0.932. The number of hydrogen-bond acceptors (Lipinski definition) is 14. The summed E-state index contributed by atoms with van der Waals surface area (Å²) < 4.78 is 8.39. The number of hydrazine groups is 1. The van der Waals surface area contributed by atoms with Crippen molar-refractivity contribution >= 4 is 51.6 Å². The van der Waals surface area contributed by atoms with Gasteiger partial charge >= 0.3 is 6.17 Å². The number of piperazine rings is 1. The van der Waals surface area contributed by atoms with E-state index in [0.717, 1.165) is 115 Å². The second-order valence-corrected chi connectivity index (χ2v) is 25.8. The minimum atomic E-state index is -1.07. The fraction of sp³-hybridized carbons (Fsp3) is 0.661. The summed E-state index contributed by atoms with van der Waals surface area (Å²) in [5.41, 5.74) is 16.2. The highest BCUT2D eigenvalue weighted by atomic mass is 32.1. The van der Waals surface area contributed by atoms with Gasteiger partial charge in [-0.1, -0.05) is 39.7 Å². The number of amides is 4. The molecule has 0 unspecified atom stereocenters. The fourth-order valence-electron chi connectivity index (χ4n) is 13.8. The van der Waals surface area contributed by atoms with E-state index in [0.29, 0.717) is 80.7 Å². The van der Waals surface area contributed by atoms with E-state index in [1.807, 2.05) is 30.3 Å². The fourth-order valence-corrected chi connectivity index (χ4v) is 14.6. The van der Waals surface area contributed by atoms with E-state index >= 15 is 9.59 Å². The molecule has 7 atom stereocenters. The second-order valence-electron chi connectivity index (χ2n) is 24.9. The normalized spacial score (nSPS) is 25.9. The quantitative estimate of drug-likeness (QED) is 0.140. The summed E-state index contributed by atoms with van der Waals surface area (Å²) in [7, 11) is 3.88.